The maximum Gasteiger partial charge on any atom is 0.184 e. The minimum Gasteiger partial charge on any atom is -0.374 e. The van der Waals surface area contributed by atoms with Gasteiger partial charge in [0.15, 0.2) is 6.29 Å². The van der Waals surface area contributed by atoms with Crippen molar-refractivity contribution < 1.29 is 18.9 Å². The first kappa shape index (κ1) is 22.4. The molecule has 1 aromatic carbocycles. The monoisotopic (exact) mass is 462 g/mol. The Morgan fingerprint density at radius 3 is 2.84 bits per heavy atom. The molecule has 31 heavy (non-hydrogen) atoms. The van der Waals surface area contributed by atoms with E-state index in [4.69, 9.17) is 30.5 Å². The molecular formula is C21H23ClN4O4S. The van der Waals surface area contributed by atoms with E-state index < -0.39 is 35.6 Å². The van der Waals surface area contributed by atoms with Crippen LogP contribution in [-0.2, 0) is 24.5 Å². The maximum atomic E-state index is 9.65. The summed E-state index contributed by atoms with van der Waals surface area (Å²) in [6, 6.07) is 11.3. The Kier molecular flexibility index (Phi) is 6.74. The van der Waals surface area contributed by atoms with Gasteiger partial charge in [-0.3, -0.25) is 4.98 Å². The average molecular weight is 463 g/mol. The Hall–Kier alpha value is -1.84. The van der Waals surface area contributed by atoms with Crippen LogP contribution in [0.2, 0.25) is 5.02 Å². The molecule has 1 aromatic heterocycles. The number of hydrogen-bond acceptors (Lipinski definition) is 7. The lowest BCUT2D eigenvalue weighted by atomic mass is 9.75. The number of rotatable bonds is 5. The molecule has 164 valence electrons. The van der Waals surface area contributed by atoms with Gasteiger partial charge in [-0.25, -0.2) is 0 Å². The van der Waals surface area contributed by atoms with Gasteiger partial charge in [0.2, 0.25) is 0 Å². The standard InChI is InChI=1S/C21H23ClN4O4S/c1-3-27-18-20(31)29-16-11-28-19(13-7-5-4-6-8-13)30-17(16)21(18,25-26-23)15-9-14(22)10-24-12(15)2/h4-10,16-20,31H,3,11H2,1-2H3/t16-,17+,18+,19?,20-,21?/m1/s1. The Bertz CT molecular complexity index is 977. The van der Waals surface area contributed by atoms with Crippen LogP contribution in [0.25, 0.3) is 10.4 Å². The molecule has 8 nitrogen and oxygen atoms in total. The lowest BCUT2D eigenvalue weighted by Crippen LogP contribution is -2.66. The SMILES string of the molecule is CCO[C@H]1[C@@H](S)O[C@@H]2COC(c3ccccc3)O[C@@H]2C1(N=[N+]=[N-])c1cc(Cl)cnc1C. The van der Waals surface area contributed by atoms with Crippen molar-refractivity contribution in [2.75, 3.05) is 13.2 Å². The topological polar surface area (TPSA) is 98.6 Å². The van der Waals surface area contributed by atoms with Gasteiger partial charge in [-0.2, -0.15) is 0 Å². The van der Waals surface area contributed by atoms with E-state index >= 15 is 0 Å². The zero-order valence-electron chi connectivity index (χ0n) is 17.1. The fraction of sp³-hybridized carbons (Fsp3) is 0.476. The summed E-state index contributed by atoms with van der Waals surface area (Å²) in [4.78, 5) is 7.59. The van der Waals surface area contributed by atoms with E-state index in [1.807, 2.05) is 44.2 Å². The van der Waals surface area contributed by atoms with Crippen molar-refractivity contribution in [2.45, 2.75) is 49.4 Å². The number of pyridine rings is 1. The molecule has 0 spiro atoms. The van der Waals surface area contributed by atoms with Crippen LogP contribution in [0.1, 0.15) is 30.0 Å². The van der Waals surface area contributed by atoms with E-state index in [0.29, 0.717) is 22.9 Å². The zero-order valence-corrected chi connectivity index (χ0v) is 18.7. The highest BCUT2D eigenvalue weighted by molar-refractivity contribution is 7.80. The van der Waals surface area contributed by atoms with Gasteiger partial charge in [0.05, 0.1) is 11.6 Å². The second kappa shape index (κ2) is 9.34. The predicted molar refractivity (Wildman–Crippen MR) is 118 cm³/mol. The zero-order chi connectivity index (χ0) is 22.0. The molecule has 0 bridgehead atoms. The molecule has 10 heteroatoms. The first-order valence-electron chi connectivity index (χ1n) is 9.97. The Balaban J connectivity index is 1.89. The highest BCUT2D eigenvalue weighted by atomic mass is 35.5. The molecule has 2 unspecified atom stereocenters. The molecule has 0 N–H and O–H groups in total. The molecule has 2 saturated heterocycles. The van der Waals surface area contributed by atoms with Crippen LogP contribution < -0.4 is 0 Å². The minimum absolute atomic E-state index is 0.232. The van der Waals surface area contributed by atoms with Crippen molar-refractivity contribution >= 4 is 24.2 Å². The first-order valence-corrected chi connectivity index (χ1v) is 10.9. The number of halogens is 1. The third-order valence-electron chi connectivity index (χ3n) is 5.57. The summed E-state index contributed by atoms with van der Waals surface area (Å²) in [6.07, 6.45) is -1.12. The van der Waals surface area contributed by atoms with Crippen LogP contribution in [0.3, 0.4) is 0 Å². The summed E-state index contributed by atoms with van der Waals surface area (Å²) in [7, 11) is 0. The number of thiol groups is 1. The number of benzene rings is 1. The van der Waals surface area contributed by atoms with Gasteiger partial charge in [-0.05, 0) is 31.0 Å². The van der Waals surface area contributed by atoms with Crippen molar-refractivity contribution in [2.24, 2.45) is 5.11 Å². The molecule has 0 radical (unpaired) electrons. The second-order valence-electron chi connectivity index (χ2n) is 7.37. The van der Waals surface area contributed by atoms with E-state index in [1.54, 1.807) is 12.3 Å². The fourth-order valence-corrected chi connectivity index (χ4v) is 4.92. The minimum atomic E-state index is -1.32. The van der Waals surface area contributed by atoms with Crippen molar-refractivity contribution in [3.8, 4) is 0 Å². The predicted octanol–water partition coefficient (Wildman–Crippen LogP) is 4.72. The Labute approximate surface area is 190 Å². The largest absolute Gasteiger partial charge is 0.374 e. The summed E-state index contributed by atoms with van der Waals surface area (Å²) in [5.41, 5.74) is 9.74. The van der Waals surface area contributed by atoms with Crippen molar-refractivity contribution in [1.82, 2.24) is 4.98 Å². The number of aromatic nitrogens is 1. The average Bonchev–Trinajstić information content (AvgIpc) is 2.78. The van der Waals surface area contributed by atoms with E-state index in [2.05, 4.69) is 27.6 Å². The smallest absolute Gasteiger partial charge is 0.184 e. The molecular weight excluding hydrogens is 440 g/mol. The van der Waals surface area contributed by atoms with Gasteiger partial charge in [0, 0.05) is 29.0 Å². The van der Waals surface area contributed by atoms with Crippen LogP contribution in [0, 0.1) is 6.92 Å². The Morgan fingerprint density at radius 2 is 2.13 bits per heavy atom. The van der Waals surface area contributed by atoms with Crippen molar-refractivity contribution in [3.05, 3.63) is 74.9 Å². The first-order chi connectivity index (χ1) is 15.0. The van der Waals surface area contributed by atoms with Crippen LogP contribution in [0.4, 0.5) is 0 Å². The van der Waals surface area contributed by atoms with Gasteiger partial charge >= 0.3 is 0 Å². The number of hydrogen-bond donors (Lipinski definition) is 1. The molecule has 2 aliphatic rings. The number of aryl methyl sites for hydroxylation is 1. The van der Waals surface area contributed by atoms with Gasteiger partial charge in [0.25, 0.3) is 0 Å². The summed E-state index contributed by atoms with van der Waals surface area (Å²) in [5, 5.41) is 4.71. The van der Waals surface area contributed by atoms with Crippen molar-refractivity contribution in [1.29, 1.82) is 0 Å². The molecule has 2 aliphatic heterocycles. The summed E-state index contributed by atoms with van der Waals surface area (Å²) in [6.45, 7) is 4.27. The van der Waals surface area contributed by atoms with Crippen molar-refractivity contribution in [3.63, 3.8) is 0 Å². The third kappa shape index (κ3) is 4.03. The van der Waals surface area contributed by atoms with E-state index in [0.717, 1.165) is 5.56 Å². The van der Waals surface area contributed by atoms with Gasteiger partial charge in [-0.15, -0.1) is 12.6 Å². The lowest BCUT2D eigenvalue weighted by Gasteiger charge is -2.54. The highest BCUT2D eigenvalue weighted by Gasteiger charge is 2.61. The van der Waals surface area contributed by atoms with Gasteiger partial charge in [-0.1, -0.05) is 47.0 Å². The molecule has 0 aliphatic carbocycles. The van der Waals surface area contributed by atoms with Crippen LogP contribution in [-0.4, -0.2) is 41.9 Å². The Morgan fingerprint density at radius 1 is 1.35 bits per heavy atom. The number of ether oxygens (including phenoxy) is 4. The lowest BCUT2D eigenvalue weighted by molar-refractivity contribution is -0.319. The summed E-state index contributed by atoms with van der Waals surface area (Å²) < 4.78 is 24.5. The van der Waals surface area contributed by atoms with Gasteiger partial charge < -0.3 is 18.9 Å². The number of azide groups is 1. The summed E-state index contributed by atoms with van der Waals surface area (Å²) >= 11 is 10.9. The van der Waals surface area contributed by atoms with Crippen LogP contribution >= 0.6 is 24.2 Å². The third-order valence-corrected chi connectivity index (χ3v) is 6.17. The van der Waals surface area contributed by atoms with Crippen LogP contribution in [0.5, 0.6) is 0 Å². The molecule has 0 amide bonds. The highest BCUT2D eigenvalue weighted by Crippen LogP contribution is 2.50. The van der Waals surface area contributed by atoms with Gasteiger partial charge in [0.1, 0.15) is 29.3 Å². The van der Waals surface area contributed by atoms with E-state index in [1.165, 1.54) is 0 Å². The molecule has 2 aromatic rings. The summed E-state index contributed by atoms with van der Waals surface area (Å²) in [5.74, 6) is 0. The second-order valence-corrected chi connectivity index (χ2v) is 8.32. The normalized spacial score (nSPS) is 32.7. The van der Waals surface area contributed by atoms with E-state index in [-0.39, 0.29) is 6.61 Å². The molecule has 0 saturated carbocycles. The molecule has 2 fully saturated rings. The van der Waals surface area contributed by atoms with Crippen LogP contribution in [0.15, 0.2) is 47.7 Å². The number of fused-ring (bicyclic) bond motifs is 1. The fourth-order valence-electron chi connectivity index (χ4n) is 4.29. The number of nitrogens with zero attached hydrogens (tertiary/aromatic N) is 4. The molecule has 4 rings (SSSR count). The maximum absolute atomic E-state index is 9.65. The quantitative estimate of drug-likeness (QED) is 0.300. The molecule has 3 heterocycles. The van der Waals surface area contributed by atoms with E-state index in [9.17, 15) is 5.53 Å². The molecule has 6 atom stereocenters.